The fraction of sp³-hybridized carbons (Fsp3) is 0.348. The van der Waals surface area contributed by atoms with Crippen molar-refractivity contribution in [2.24, 2.45) is 0 Å². The van der Waals surface area contributed by atoms with Gasteiger partial charge in [-0.3, -0.25) is 4.90 Å². The lowest BCUT2D eigenvalue weighted by Crippen LogP contribution is -2.37. The second-order valence-corrected chi connectivity index (χ2v) is 7.66. The van der Waals surface area contributed by atoms with Crippen molar-refractivity contribution in [2.45, 2.75) is 25.5 Å². The van der Waals surface area contributed by atoms with Gasteiger partial charge in [0.1, 0.15) is 18.5 Å². The van der Waals surface area contributed by atoms with Gasteiger partial charge in [0.25, 0.3) is 0 Å². The van der Waals surface area contributed by atoms with Crippen LogP contribution in [-0.4, -0.2) is 53.7 Å². The monoisotopic (exact) mass is 446 g/mol. The zero-order chi connectivity index (χ0) is 22.4. The molecule has 0 radical (unpaired) electrons. The predicted octanol–water partition coefficient (Wildman–Crippen LogP) is 3.64. The second kappa shape index (κ2) is 10.5. The van der Waals surface area contributed by atoms with Gasteiger partial charge in [-0.1, -0.05) is 29.8 Å². The molecule has 7 nitrogen and oxygen atoms in total. The third-order valence-corrected chi connectivity index (χ3v) is 5.29. The van der Waals surface area contributed by atoms with Crippen LogP contribution in [0.15, 0.2) is 48.5 Å². The van der Waals surface area contributed by atoms with Gasteiger partial charge in [-0.05, 0) is 54.8 Å². The zero-order valence-corrected chi connectivity index (χ0v) is 18.1. The number of anilines is 1. The summed E-state index contributed by atoms with van der Waals surface area (Å²) in [6.45, 7) is 2.17. The molecule has 166 valence electrons. The van der Waals surface area contributed by atoms with Gasteiger partial charge < -0.3 is 25.4 Å². The first kappa shape index (κ1) is 22.9. The Kier molecular flexibility index (Phi) is 7.79. The standard InChI is InChI=1S/C23H27ClN2O5/c1-2-30-23(29)26-10-9-16(20-12-17(24)5-8-21(20)25)11-22(26)15-3-6-19(7-4-15)31-14-18(28)13-27/h3-8,11-12,18,22,27-28H,2,9-10,13-14,25H2,1H3. The molecule has 0 bridgehead atoms. The largest absolute Gasteiger partial charge is 0.491 e. The van der Waals surface area contributed by atoms with Crippen molar-refractivity contribution in [3.05, 3.63) is 64.7 Å². The van der Waals surface area contributed by atoms with Gasteiger partial charge in [-0.2, -0.15) is 0 Å². The molecule has 0 aromatic heterocycles. The summed E-state index contributed by atoms with van der Waals surface area (Å²) in [6.07, 6.45) is 1.31. The van der Waals surface area contributed by atoms with E-state index in [0.29, 0.717) is 36.0 Å². The number of rotatable bonds is 7. The Labute approximate surface area is 186 Å². The molecule has 0 saturated carbocycles. The highest BCUT2D eigenvalue weighted by Crippen LogP contribution is 2.37. The molecular formula is C23H27ClN2O5. The summed E-state index contributed by atoms with van der Waals surface area (Å²) < 4.78 is 10.7. The van der Waals surface area contributed by atoms with Crippen LogP contribution in [0, 0.1) is 0 Å². The van der Waals surface area contributed by atoms with Gasteiger partial charge in [0.2, 0.25) is 0 Å². The van der Waals surface area contributed by atoms with E-state index in [1.54, 1.807) is 36.1 Å². The van der Waals surface area contributed by atoms with Gasteiger partial charge >= 0.3 is 6.09 Å². The molecule has 0 fully saturated rings. The van der Waals surface area contributed by atoms with E-state index in [9.17, 15) is 9.90 Å². The van der Waals surface area contributed by atoms with Crippen molar-refractivity contribution in [2.75, 3.05) is 32.1 Å². The molecule has 0 saturated heterocycles. The first-order chi connectivity index (χ1) is 14.9. The number of halogens is 1. The topological polar surface area (TPSA) is 105 Å². The molecule has 1 aliphatic heterocycles. The predicted molar refractivity (Wildman–Crippen MR) is 120 cm³/mol. The molecule has 1 amide bonds. The smallest absolute Gasteiger partial charge is 0.410 e. The third-order valence-electron chi connectivity index (χ3n) is 5.06. The molecular weight excluding hydrogens is 420 g/mol. The Morgan fingerprint density at radius 3 is 2.71 bits per heavy atom. The van der Waals surface area contributed by atoms with Gasteiger partial charge in [0.15, 0.2) is 0 Å². The minimum Gasteiger partial charge on any atom is -0.491 e. The molecule has 1 heterocycles. The number of ether oxygens (including phenoxy) is 2. The molecule has 2 aromatic rings. The Hall–Kier alpha value is -2.74. The second-order valence-electron chi connectivity index (χ2n) is 7.23. The number of nitrogens with zero attached hydrogens (tertiary/aromatic N) is 1. The molecule has 2 aromatic carbocycles. The summed E-state index contributed by atoms with van der Waals surface area (Å²) in [6, 6.07) is 12.3. The van der Waals surface area contributed by atoms with Crippen LogP contribution in [0.25, 0.3) is 5.57 Å². The van der Waals surface area contributed by atoms with Crippen LogP contribution >= 0.6 is 11.6 Å². The van der Waals surface area contributed by atoms with Crippen molar-refractivity contribution >= 4 is 29.0 Å². The van der Waals surface area contributed by atoms with Crippen LogP contribution in [0.5, 0.6) is 5.75 Å². The van der Waals surface area contributed by atoms with E-state index in [-0.39, 0.29) is 25.3 Å². The zero-order valence-electron chi connectivity index (χ0n) is 17.3. The van der Waals surface area contributed by atoms with Crippen molar-refractivity contribution < 1.29 is 24.5 Å². The van der Waals surface area contributed by atoms with Gasteiger partial charge in [0, 0.05) is 22.8 Å². The lowest BCUT2D eigenvalue weighted by molar-refractivity contribution is 0.0536. The van der Waals surface area contributed by atoms with Gasteiger partial charge in [-0.15, -0.1) is 0 Å². The van der Waals surface area contributed by atoms with E-state index in [0.717, 1.165) is 16.7 Å². The van der Waals surface area contributed by atoms with Crippen LogP contribution in [0.2, 0.25) is 5.02 Å². The van der Waals surface area contributed by atoms with Crippen LogP contribution in [0.3, 0.4) is 0 Å². The number of carbonyl (C=O) groups is 1. The van der Waals surface area contributed by atoms with Crippen LogP contribution in [0.1, 0.15) is 30.5 Å². The number of carbonyl (C=O) groups excluding carboxylic acids is 1. The van der Waals surface area contributed by atoms with E-state index < -0.39 is 6.10 Å². The highest BCUT2D eigenvalue weighted by atomic mass is 35.5. The fourth-order valence-electron chi connectivity index (χ4n) is 3.47. The number of aliphatic hydroxyl groups excluding tert-OH is 2. The van der Waals surface area contributed by atoms with E-state index in [1.165, 1.54) is 0 Å². The van der Waals surface area contributed by atoms with Gasteiger partial charge in [-0.25, -0.2) is 4.79 Å². The summed E-state index contributed by atoms with van der Waals surface area (Å²) >= 11 is 6.17. The van der Waals surface area contributed by atoms with Crippen LogP contribution in [0.4, 0.5) is 10.5 Å². The summed E-state index contributed by atoms with van der Waals surface area (Å²) in [4.78, 5) is 14.3. The maximum Gasteiger partial charge on any atom is 0.410 e. The number of nitrogen functional groups attached to an aromatic ring is 1. The molecule has 31 heavy (non-hydrogen) atoms. The number of amides is 1. The molecule has 0 aliphatic carbocycles. The van der Waals surface area contributed by atoms with E-state index >= 15 is 0 Å². The van der Waals surface area contributed by atoms with Crippen molar-refractivity contribution in [1.29, 1.82) is 0 Å². The summed E-state index contributed by atoms with van der Waals surface area (Å²) in [5, 5.41) is 18.9. The molecule has 1 aliphatic rings. The van der Waals surface area contributed by atoms with Crippen LogP contribution < -0.4 is 10.5 Å². The SMILES string of the molecule is CCOC(=O)N1CCC(c2cc(Cl)ccc2N)=CC1c1ccc(OCC(O)CO)cc1. The number of hydrogen-bond acceptors (Lipinski definition) is 6. The third kappa shape index (κ3) is 5.70. The van der Waals surface area contributed by atoms with Crippen molar-refractivity contribution in [1.82, 2.24) is 4.90 Å². The molecule has 8 heteroatoms. The Bertz CT molecular complexity index is 932. The van der Waals surface area contributed by atoms with E-state index in [1.807, 2.05) is 24.3 Å². The minimum absolute atomic E-state index is 0.00762. The fourth-order valence-corrected chi connectivity index (χ4v) is 3.64. The van der Waals surface area contributed by atoms with E-state index in [4.69, 9.17) is 31.9 Å². The van der Waals surface area contributed by atoms with Gasteiger partial charge in [0.05, 0.1) is 19.3 Å². The number of nitrogens with two attached hydrogens (primary N) is 1. The van der Waals surface area contributed by atoms with Crippen molar-refractivity contribution in [3.63, 3.8) is 0 Å². The first-order valence-electron chi connectivity index (χ1n) is 10.1. The molecule has 0 spiro atoms. The Morgan fingerprint density at radius 2 is 2.03 bits per heavy atom. The molecule has 3 rings (SSSR count). The maximum absolute atomic E-state index is 12.6. The highest BCUT2D eigenvalue weighted by Gasteiger charge is 2.29. The number of hydrogen-bond donors (Lipinski definition) is 3. The lowest BCUT2D eigenvalue weighted by atomic mass is 9.91. The highest BCUT2D eigenvalue weighted by molar-refractivity contribution is 6.30. The first-order valence-corrected chi connectivity index (χ1v) is 10.5. The number of aliphatic hydroxyl groups is 2. The number of benzene rings is 2. The average Bonchev–Trinajstić information content (AvgIpc) is 2.79. The van der Waals surface area contributed by atoms with E-state index in [2.05, 4.69) is 0 Å². The summed E-state index contributed by atoms with van der Waals surface area (Å²) in [5.74, 6) is 0.554. The van der Waals surface area contributed by atoms with Crippen molar-refractivity contribution in [3.8, 4) is 5.75 Å². The quantitative estimate of drug-likeness (QED) is 0.561. The molecule has 2 unspecified atom stereocenters. The Balaban J connectivity index is 1.91. The summed E-state index contributed by atoms with van der Waals surface area (Å²) in [7, 11) is 0. The summed E-state index contributed by atoms with van der Waals surface area (Å²) in [5.41, 5.74) is 9.55. The lowest BCUT2D eigenvalue weighted by Gasteiger charge is -2.34. The molecule has 2 atom stereocenters. The maximum atomic E-state index is 12.6. The average molecular weight is 447 g/mol. The Morgan fingerprint density at radius 1 is 1.29 bits per heavy atom. The molecule has 4 N–H and O–H groups in total. The minimum atomic E-state index is -0.939. The normalized spacial score (nSPS) is 17.1. The van der Waals surface area contributed by atoms with Crippen LogP contribution in [-0.2, 0) is 4.74 Å².